The van der Waals surface area contributed by atoms with E-state index in [1.165, 1.54) is 12.1 Å². The quantitative estimate of drug-likeness (QED) is 0.646. The zero-order chi connectivity index (χ0) is 15.4. The maximum Gasteiger partial charge on any atom is 0.272 e. The van der Waals surface area contributed by atoms with Gasteiger partial charge in [0, 0.05) is 12.1 Å². The summed E-state index contributed by atoms with van der Waals surface area (Å²) < 4.78 is 13.7. The van der Waals surface area contributed by atoms with Gasteiger partial charge in [-0.2, -0.15) is 0 Å². The van der Waals surface area contributed by atoms with Gasteiger partial charge < -0.3 is 10.6 Å². The molecule has 0 unspecified atom stereocenters. The van der Waals surface area contributed by atoms with Gasteiger partial charge in [-0.1, -0.05) is 12.8 Å². The van der Waals surface area contributed by atoms with Crippen LogP contribution in [-0.2, 0) is 4.79 Å². The highest BCUT2D eigenvalue weighted by Crippen LogP contribution is 2.21. The number of anilines is 1. The Morgan fingerprint density at radius 1 is 1.43 bits per heavy atom. The normalized spacial score (nSPS) is 16.5. The third-order valence-corrected chi connectivity index (χ3v) is 3.63. The second-order valence-corrected chi connectivity index (χ2v) is 5.28. The smallest absolute Gasteiger partial charge is 0.272 e. The van der Waals surface area contributed by atoms with Crippen LogP contribution in [0.5, 0.6) is 0 Å². The summed E-state index contributed by atoms with van der Waals surface area (Å²) in [4.78, 5) is 21.9. The summed E-state index contributed by atoms with van der Waals surface area (Å²) in [5.74, 6) is -0.940. The molecule has 0 bridgehead atoms. The molecule has 1 aliphatic rings. The number of non-ortho nitro benzene ring substituents is 1. The lowest BCUT2D eigenvalue weighted by atomic mass is 10.2. The molecule has 1 fully saturated rings. The van der Waals surface area contributed by atoms with E-state index in [0.29, 0.717) is 0 Å². The Hall–Kier alpha value is -2.18. The predicted octanol–water partition coefficient (Wildman–Crippen LogP) is 2.59. The van der Waals surface area contributed by atoms with Crippen LogP contribution < -0.4 is 10.6 Å². The summed E-state index contributed by atoms with van der Waals surface area (Å²) in [7, 11) is 0. The number of nitrogens with zero attached hydrogens (tertiary/aromatic N) is 1. The van der Waals surface area contributed by atoms with Crippen molar-refractivity contribution in [1.82, 2.24) is 5.32 Å². The van der Waals surface area contributed by atoms with E-state index >= 15 is 0 Å². The lowest BCUT2D eigenvalue weighted by molar-refractivity contribution is -0.385. The van der Waals surface area contributed by atoms with Crippen LogP contribution in [0.15, 0.2) is 18.2 Å². The fourth-order valence-electron chi connectivity index (χ4n) is 2.43. The molecule has 1 atom stereocenters. The Bertz CT molecular complexity index is 544. The molecule has 0 heterocycles. The van der Waals surface area contributed by atoms with Gasteiger partial charge in [-0.15, -0.1) is 0 Å². The first-order chi connectivity index (χ1) is 9.97. The fraction of sp³-hybridized carbons (Fsp3) is 0.500. The third-order valence-electron chi connectivity index (χ3n) is 3.63. The van der Waals surface area contributed by atoms with Crippen LogP contribution in [0.4, 0.5) is 15.8 Å². The van der Waals surface area contributed by atoms with Gasteiger partial charge in [-0.05, 0) is 25.8 Å². The van der Waals surface area contributed by atoms with Crippen molar-refractivity contribution < 1.29 is 14.1 Å². The minimum atomic E-state index is -0.746. The zero-order valence-electron chi connectivity index (χ0n) is 11.8. The van der Waals surface area contributed by atoms with Gasteiger partial charge in [0.25, 0.3) is 5.69 Å². The highest BCUT2D eigenvalue weighted by atomic mass is 19.1. The standard InChI is InChI=1S/C14H18FN3O3/c1-9(14(19)17-10-4-2-3-5-10)16-13-7-6-11(18(20)21)8-12(13)15/h6-10,16H,2-5H2,1H3,(H,17,19)/t9-/m1/s1. The van der Waals surface area contributed by atoms with E-state index in [2.05, 4.69) is 10.6 Å². The number of nitrogens with one attached hydrogen (secondary N) is 2. The number of carbonyl (C=O) groups excluding carboxylic acids is 1. The van der Waals surface area contributed by atoms with Crippen molar-refractivity contribution in [2.45, 2.75) is 44.7 Å². The molecule has 1 aliphatic carbocycles. The minimum absolute atomic E-state index is 0.0784. The highest BCUT2D eigenvalue weighted by molar-refractivity contribution is 5.84. The van der Waals surface area contributed by atoms with E-state index in [0.717, 1.165) is 31.7 Å². The van der Waals surface area contributed by atoms with Crippen LogP contribution >= 0.6 is 0 Å². The minimum Gasteiger partial charge on any atom is -0.372 e. The largest absolute Gasteiger partial charge is 0.372 e. The Morgan fingerprint density at radius 2 is 2.10 bits per heavy atom. The van der Waals surface area contributed by atoms with Gasteiger partial charge in [0.2, 0.25) is 5.91 Å². The average molecular weight is 295 g/mol. The summed E-state index contributed by atoms with van der Waals surface area (Å²) in [6.45, 7) is 1.63. The monoisotopic (exact) mass is 295 g/mol. The summed E-state index contributed by atoms with van der Waals surface area (Å²) in [5.41, 5.74) is -0.240. The molecule has 2 N–H and O–H groups in total. The van der Waals surface area contributed by atoms with Crippen molar-refractivity contribution in [2.24, 2.45) is 0 Å². The Kier molecular flexibility index (Phi) is 4.72. The lowest BCUT2D eigenvalue weighted by Gasteiger charge is -2.18. The lowest BCUT2D eigenvalue weighted by Crippen LogP contribution is -2.42. The summed E-state index contributed by atoms with van der Waals surface area (Å²) in [6, 6.07) is 2.90. The molecule has 0 radical (unpaired) electrons. The molecule has 2 rings (SSSR count). The first-order valence-electron chi connectivity index (χ1n) is 6.98. The molecule has 1 aromatic carbocycles. The van der Waals surface area contributed by atoms with E-state index in [1.807, 2.05) is 0 Å². The Labute approximate surface area is 121 Å². The zero-order valence-corrected chi connectivity index (χ0v) is 11.8. The van der Waals surface area contributed by atoms with Gasteiger partial charge >= 0.3 is 0 Å². The van der Waals surface area contributed by atoms with Crippen LogP contribution in [0.2, 0.25) is 0 Å². The van der Waals surface area contributed by atoms with Crippen molar-refractivity contribution in [2.75, 3.05) is 5.32 Å². The van der Waals surface area contributed by atoms with Crippen LogP contribution in [-0.4, -0.2) is 22.9 Å². The first-order valence-corrected chi connectivity index (χ1v) is 6.98. The molecule has 1 saturated carbocycles. The molecule has 21 heavy (non-hydrogen) atoms. The van der Waals surface area contributed by atoms with E-state index in [-0.39, 0.29) is 23.3 Å². The Balaban J connectivity index is 1.96. The molecule has 0 saturated heterocycles. The number of carbonyl (C=O) groups is 1. The maximum absolute atomic E-state index is 13.7. The molecule has 6 nitrogen and oxygen atoms in total. The molecule has 0 spiro atoms. The number of hydrogen-bond acceptors (Lipinski definition) is 4. The number of nitro groups is 1. The molecule has 1 aromatic rings. The third kappa shape index (κ3) is 3.90. The van der Waals surface area contributed by atoms with Crippen molar-refractivity contribution in [3.63, 3.8) is 0 Å². The van der Waals surface area contributed by atoms with Crippen LogP contribution in [0, 0.1) is 15.9 Å². The number of nitro benzene ring substituents is 1. The van der Waals surface area contributed by atoms with E-state index < -0.39 is 16.8 Å². The van der Waals surface area contributed by atoms with Crippen molar-refractivity contribution in [3.05, 3.63) is 34.1 Å². The number of amides is 1. The number of benzene rings is 1. The van der Waals surface area contributed by atoms with Crippen LogP contribution in [0.1, 0.15) is 32.6 Å². The number of halogens is 1. The van der Waals surface area contributed by atoms with E-state index in [9.17, 15) is 19.3 Å². The van der Waals surface area contributed by atoms with Crippen molar-refractivity contribution in [3.8, 4) is 0 Å². The van der Waals surface area contributed by atoms with Gasteiger partial charge in [-0.25, -0.2) is 4.39 Å². The molecule has 0 aliphatic heterocycles. The van der Waals surface area contributed by atoms with Crippen LogP contribution in [0.25, 0.3) is 0 Å². The molecule has 1 amide bonds. The van der Waals surface area contributed by atoms with Gasteiger partial charge in [0.15, 0.2) is 5.82 Å². The fourth-order valence-corrected chi connectivity index (χ4v) is 2.43. The molecule has 7 heteroatoms. The van der Waals surface area contributed by atoms with Gasteiger partial charge in [-0.3, -0.25) is 14.9 Å². The second kappa shape index (κ2) is 6.51. The van der Waals surface area contributed by atoms with Gasteiger partial charge in [0.05, 0.1) is 16.7 Å². The SMILES string of the molecule is C[C@@H](Nc1ccc([N+](=O)[O-])cc1F)C(=O)NC1CCCC1. The molecule has 114 valence electrons. The Morgan fingerprint density at radius 3 is 2.67 bits per heavy atom. The predicted molar refractivity (Wildman–Crippen MR) is 76.5 cm³/mol. The molecule has 0 aromatic heterocycles. The summed E-state index contributed by atoms with van der Waals surface area (Å²) in [6.07, 6.45) is 4.18. The summed E-state index contributed by atoms with van der Waals surface area (Å²) >= 11 is 0. The topological polar surface area (TPSA) is 84.3 Å². The second-order valence-electron chi connectivity index (χ2n) is 5.28. The first kappa shape index (κ1) is 15.2. The number of rotatable bonds is 5. The van der Waals surface area contributed by atoms with E-state index in [4.69, 9.17) is 0 Å². The maximum atomic E-state index is 13.7. The average Bonchev–Trinajstić information content (AvgIpc) is 2.93. The van der Waals surface area contributed by atoms with Crippen LogP contribution in [0.3, 0.4) is 0 Å². The molecular formula is C14H18FN3O3. The summed E-state index contributed by atoms with van der Waals surface area (Å²) in [5, 5.41) is 16.2. The van der Waals surface area contributed by atoms with Crippen molar-refractivity contribution in [1.29, 1.82) is 0 Å². The van der Waals surface area contributed by atoms with Crippen molar-refractivity contribution >= 4 is 17.3 Å². The van der Waals surface area contributed by atoms with E-state index in [1.54, 1.807) is 6.92 Å². The number of hydrogen-bond donors (Lipinski definition) is 2. The molecular weight excluding hydrogens is 277 g/mol. The highest BCUT2D eigenvalue weighted by Gasteiger charge is 2.21. The van der Waals surface area contributed by atoms with Gasteiger partial charge in [0.1, 0.15) is 6.04 Å².